The van der Waals surface area contributed by atoms with E-state index in [0.29, 0.717) is 0 Å². The van der Waals surface area contributed by atoms with Crippen LogP contribution in [0.4, 0.5) is 5.69 Å². The van der Waals surface area contributed by atoms with E-state index in [-0.39, 0.29) is 5.54 Å². The Morgan fingerprint density at radius 2 is 1.87 bits per heavy atom. The molecule has 0 aliphatic carbocycles. The fourth-order valence-electron chi connectivity index (χ4n) is 1.71. The summed E-state index contributed by atoms with van der Waals surface area (Å²) in [4.78, 5) is 2.11. The van der Waals surface area contributed by atoms with Gasteiger partial charge in [-0.05, 0) is 37.5 Å². The highest BCUT2D eigenvalue weighted by atomic mass is 15.1. The minimum atomic E-state index is -0.287. The number of benzene rings is 1. The van der Waals surface area contributed by atoms with E-state index in [9.17, 15) is 0 Å². The van der Waals surface area contributed by atoms with Crippen molar-refractivity contribution in [3.63, 3.8) is 0 Å². The molecular weight excluding hydrogens is 184 g/mol. The maximum atomic E-state index is 6.19. The van der Waals surface area contributed by atoms with Crippen molar-refractivity contribution in [3.05, 3.63) is 29.3 Å². The Morgan fingerprint density at radius 1 is 1.27 bits per heavy atom. The highest BCUT2D eigenvalue weighted by Crippen LogP contribution is 2.28. The summed E-state index contributed by atoms with van der Waals surface area (Å²) in [7, 11) is 4.10. The van der Waals surface area contributed by atoms with Gasteiger partial charge >= 0.3 is 0 Å². The number of nitrogens with zero attached hydrogens (tertiary/aromatic N) is 1. The molecule has 0 saturated carbocycles. The van der Waals surface area contributed by atoms with Crippen molar-refractivity contribution in [3.8, 4) is 0 Å². The van der Waals surface area contributed by atoms with Crippen LogP contribution in [0.5, 0.6) is 0 Å². The third-order valence-corrected chi connectivity index (χ3v) is 2.65. The Hall–Kier alpha value is -1.02. The van der Waals surface area contributed by atoms with Crippen molar-refractivity contribution in [1.82, 2.24) is 0 Å². The van der Waals surface area contributed by atoms with E-state index in [1.165, 1.54) is 16.8 Å². The van der Waals surface area contributed by atoms with Gasteiger partial charge in [0.15, 0.2) is 0 Å². The standard InChI is InChI=1S/C13H22N2/c1-6-10-7-8-12(15(4)5)11(9-10)13(2,3)14/h7-9H,6,14H2,1-5H3. The fourth-order valence-corrected chi connectivity index (χ4v) is 1.71. The van der Waals surface area contributed by atoms with Gasteiger partial charge in [-0.15, -0.1) is 0 Å². The van der Waals surface area contributed by atoms with Crippen LogP contribution in [0, 0.1) is 0 Å². The van der Waals surface area contributed by atoms with Crippen LogP contribution in [0.15, 0.2) is 18.2 Å². The molecule has 0 spiro atoms. The van der Waals surface area contributed by atoms with Gasteiger partial charge in [0.25, 0.3) is 0 Å². The molecule has 1 aromatic carbocycles. The second-order valence-electron chi connectivity index (χ2n) is 4.82. The van der Waals surface area contributed by atoms with Gasteiger partial charge in [-0.25, -0.2) is 0 Å². The van der Waals surface area contributed by atoms with Gasteiger partial charge in [0, 0.05) is 25.3 Å². The van der Waals surface area contributed by atoms with Crippen LogP contribution >= 0.6 is 0 Å². The molecule has 2 heteroatoms. The molecule has 0 fully saturated rings. The third-order valence-electron chi connectivity index (χ3n) is 2.65. The van der Waals surface area contributed by atoms with Crippen LogP contribution in [0.1, 0.15) is 31.9 Å². The molecule has 84 valence electrons. The predicted molar refractivity (Wildman–Crippen MR) is 67.4 cm³/mol. The van der Waals surface area contributed by atoms with Crippen LogP contribution in [0.2, 0.25) is 0 Å². The van der Waals surface area contributed by atoms with Crippen molar-refractivity contribution in [2.45, 2.75) is 32.7 Å². The normalized spacial score (nSPS) is 11.6. The Labute approximate surface area is 93.1 Å². The van der Waals surface area contributed by atoms with Gasteiger partial charge in [0.1, 0.15) is 0 Å². The lowest BCUT2D eigenvalue weighted by atomic mass is 9.91. The van der Waals surface area contributed by atoms with Crippen LogP contribution in [0.25, 0.3) is 0 Å². The number of nitrogens with two attached hydrogens (primary N) is 1. The molecule has 0 bridgehead atoms. The molecule has 2 N–H and O–H groups in total. The Kier molecular flexibility index (Phi) is 3.40. The van der Waals surface area contributed by atoms with E-state index < -0.39 is 0 Å². The van der Waals surface area contributed by atoms with Crippen molar-refractivity contribution >= 4 is 5.69 Å². The Bertz CT molecular complexity index is 335. The zero-order valence-corrected chi connectivity index (χ0v) is 10.5. The molecule has 0 unspecified atom stereocenters. The first kappa shape index (κ1) is 12.1. The number of aryl methyl sites for hydroxylation is 1. The molecule has 0 aliphatic heterocycles. The minimum Gasteiger partial charge on any atom is -0.377 e. The van der Waals surface area contributed by atoms with Crippen molar-refractivity contribution in [1.29, 1.82) is 0 Å². The van der Waals surface area contributed by atoms with Crippen molar-refractivity contribution in [2.75, 3.05) is 19.0 Å². The van der Waals surface area contributed by atoms with Crippen molar-refractivity contribution < 1.29 is 0 Å². The Morgan fingerprint density at radius 3 is 2.27 bits per heavy atom. The molecule has 1 aromatic rings. The summed E-state index contributed by atoms with van der Waals surface area (Å²) in [6, 6.07) is 6.54. The first-order valence-corrected chi connectivity index (χ1v) is 5.46. The summed E-state index contributed by atoms with van der Waals surface area (Å²) >= 11 is 0. The van der Waals surface area contributed by atoms with Gasteiger partial charge in [0.2, 0.25) is 0 Å². The second-order valence-corrected chi connectivity index (χ2v) is 4.82. The maximum Gasteiger partial charge on any atom is 0.0412 e. The zero-order chi connectivity index (χ0) is 11.6. The minimum absolute atomic E-state index is 0.287. The second kappa shape index (κ2) is 4.23. The lowest BCUT2D eigenvalue weighted by Crippen LogP contribution is -2.31. The molecule has 15 heavy (non-hydrogen) atoms. The topological polar surface area (TPSA) is 29.3 Å². The summed E-state index contributed by atoms with van der Waals surface area (Å²) in [6.45, 7) is 6.27. The van der Waals surface area contributed by atoms with E-state index in [1.807, 2.05) is 0 Å². The molecular formula is C13H22N2. The molecule has 0 saturated heterocycles. The monoisotopic (exact) mass is 206 g/mol. The summed E-state index contributed by atoms with van der Waals surface area (Å²) in [5.74, 6) is 0. The highest BCUT2D eigenvalue weighted by Gasteiger charge is 2.19. The highest BCUT2D eigenvalue weighted by molar-refractivity contribution is 5.56. The van der Waals surface area contributed by atoms with Gasteiger partial charge in [0.05, 0.1) is 0 Å². The van der Waals surface area contributed by atoms with Gasteiger partial charge in [-0.1, -0.05) is 19.1 Å². The number of hydrogen-bond acceptors (Lipinski definition) is 2. The number of anilines is 1. The van der Waals surface area contributed by atoms with Crippen LogP contribution in [0.3, 0.4) is 0 Å². The molecule has 0 radical (unpaired) electrons. The van der Waals surface area contributed by atoms with E-state index >= 15 is 0 Å². The number of hydrogen-bond donors (Lipinski definition) is 1. The molecule has 0 aliphatic rings. The summed E-state index contributed by atoms with van der Waals surface area (Å²) < 4.78 is 0. The van der Waals surface area contributed by atoms with Gasteiger partial charge in [-0.3, -0.25) is 0 Å². The Balaban J connectivity index is 3.29. The molecule has 2 nitrogen and oxygen atoms in total. The smallest absolute Gasteiger partial charge is 0.0412 e. The number of rotatable bonds is 3. The van der Waals surface area contributed by atoms with Crippen LogP contribution in [-0.2, 0) is 12.0 Å². The molecule has 0 amide bonds. The van der Waals surface area contributed by atoms with E-state index in [1.54, 1.807) is 0 Å². The third kappa shape index (κ3) is 2.72. The van der Waals surface area contributed by atoms with Crippen LogP contribution in [-0.4, -0.2) is 14.1 Å². The lowest BCUT2D eigenvalue weighted by Gasteiger charge is -2.27. The molecule has 0 atom stereocenters. The van der Waals surface area contributed by atoms with Crippen LogP contribution < -0.4 is 10.6 Å². The average molecular weight is 206 g/mol. The predicted octanol–water partition coefficient (Wildman–Crippen LogP) is 2.51. The van der Waals surface area contributed by atoms with Crippen molar-refractivity contribution in [2.24, 2.45) is 5.73 Å². The summed E-state index contributed by atoms with van der Waals surface area (Å²) in [6.07, 6.45) is 1.05. The molecule has 1 rings (SSSR count). The summed E-state index contributed by atoms with van der Waals surface area (Å²) in [5, 5.41) is 0. The first-order valence-electron chi connectivity index (χ1n) is 5.46. The lowest BCUT2D eigenvalue weighted by molar-refractivity contribution is 0.553. The van der Waals surface area contributed by atoms with Gasteiger partial charge < -0.3 is 10.6 Å². The molecule has 0 heterocycles. The molecule has 0 aromatic heterocycles. The van der Waals surface area contributed by atoms with E-state index in [2.05, 4.69) is 58.0 Å². The maximum absolute atomic E-state index is 6.19. The quantitative estimate of drug-likeness (QED) is 0.823. The average Bonchev–Trinajstić information content (AvgIpc) is 2.15. The SMILES string of the molecule is CCc1ccc(N(C)C)c(C(C)(C)N)c1. The zero-order valence-electron chi connectivity index (χ0n) is 10.5. The fraction of sp³-hybridized carbons (Fsp3) is 0.538. The van der Waals surface area contributed by atoms with E-state index in [0.717, 1.165) is 6.42 Å². The van der Waals surface area contributed by atoms with Gasteiger partial charge in [-0.2, -0.15) is 0 Å². The largest absolute Gasteiger partial charge is 0.377 e. The first-order chi connectivity index (χ1) is 6.86. The van der Waals surface area contributed by atoms with E-state index in [4.69, 9.17) is 5.73 Å². The summed E-state index contributed by atoms with van der Waals surface area (Å²) in [5.41, 5.74) is 9.67.